The van der Waals surface area contributed by atoms with Gasteiger partial charge in [-0.15, -0.1) is 0 Å². The summed E-state index contributed by atoms with van der Waals surface area (Å²) in [4.78, 5) is 28.9. The lowest BCUT2D eigenvalue weighted by Crippen LogP contribution is -2.52. The summed E-state index contributed by atoms with van der Waals surface area (Å²) < 4.78 is 5.31. The summed E-state index contributed by atoms with van der Waals surface area (Å²) in [5.74, 6) is 0.499. The number of ether oxygens (including phenoxy) is 1. The van der Waals surface area contributed by atoms with Crippen LogP contribution in [0.1, 0.15) is 42.7 Å². The van der Waals surface area contributed by atoms with E-state index in [4.69, 9.17) is 4.74 Å². The summed E-state index contributed by atoms with van der Waals surface area (Å²) in [6, 6.07) is 8.78. The molecule has 2 heterocycles. The SMILES string of the molecule is O=C(CC1CCc2ccccc21)NC1CCN(C(=O)N2CCOCC2)CC1. The number of nitrogens with zero attached hydrogens (tertiary/aromatic N) is 2. The molecule has 4 rings (SSSR count). The first-order valence-corrected chi connectivity index (χ1v) is 10.2. The van der Waals surface area contributed by atoms with Crippen molar-refractivity contribution in [1.82, 2.24) is 15.1 Å². The highest BCUT2D eigenvalue weighted by Gasteiger charge is 2.29. The van der Waals surface area contributed by atoms with E-state index in [1.807, 2.05) is 9.80 Å². The molecule has 27 heavy (non-hydrogen) atoms. The van der Waals surface area contributed by atoms with Crippen LogP contribution in [0.15, 0.2) is 24.3 Å². The highest BCUT2D eigenvalue weighted by Crippen LogP contribution is 2.35. The molecule has 6 nitrogen and oxygen atoms in total. The molecule has 1 aliphatic carbocycles. The van der Waals surface area contributed by atoms with E-state index in [1.54, 1.807) is 0 Å². The van der Waals surface area contributed by atoms with Crippen LogP contribution < -0.4 is 5.32 Å². The van der Waals surface area contributed by atoms with Gasteiger partial charge < -0.3 is 19.9 Å². The Morgan fingerprint density at radius 1 is 1.00 bits per heavy atom. The van der Waals surface area contributed by atoms with Crippen molar-refractivity contribution in [2.45, 2.75) is 44.1 Å². The van der Waals surface area contributed by atoms with Crippen LogP contribution in [0.4, 0.5) is 4.79 Å². The molecule has 2 saturated heterocycles. The van der Waals surface area contributed by atoms with Crippen molar-refractivity contribution >= 4 is 11.9 Å². The van der Waals surface area contributed by atoms with Gasteiger partial charge in [-0.3, -0.25) is 4.79 Å². The second kappa shape index (κ2) is 8.30. The van der Waals surface area contributed by atoms with E-state index in [-0.39, 0.29) is 18.0 Å². The third-order valence-electron chi connectivity index (χ3n) is 6.10. The van der Waals surface area contributed by atoms with Crippen molar-refractivity contribution in [3.8, 4) is 0 Å². The Balaban J connectivity index is 1.22. The molecule has 1 unspecified atom stereocenters. The molecule has 1 aromatic carbocycles. The predicted molar refractivity (Wildman–Crippen MR) is 103 cm³/mol. The zero-order valence-electron chi connectivity index (χ0n) is 15.9. The van der Waals surface area contributed by atoms with Gasteiger partial charge in [-0.25, -0.2) is 4.79 Å². The van der Waals surface area contributed by atoms with Gasteiger partial charge in [0.2, 0.25) is 5.91 Å². The van der Waals surface area contributed by atoms with Crippen molar-refractivity contribution in [2.24, 2.45) is 0 Å². The van der Waals surface area contributed by atoms with Crippen LogP contribution in [0.5, 0.6) is 0 Å². The van der Waals surface area contributed by atoms with E-state index < -0.39 is 0 Å². The number of nitrogens with one attached hydrogen (secondary N) is 1. The number of likely N-dealkylation sites (tertiary alicyclic amines) is 1. The normalized spacial score (nSPS) is 23.2. The van der Waals surface area contributed by atoms with Gasteiger partial charge in [0, 0.05) is 38.6 Å². The Morgan fingerprint density at radius 2 is 1.70 bits per heavy atom. The molecule has 0 saturated carbocycles. The maximum atomic E-state index is 12.5. The number of rotatable bonds is 3. The smallest absolute Gasteiger partial charge is 0.320 e. The van der Waals surface area contributed by atoms with Crippen LogP contribution >= 0.6 is 0 Å². The summed E-state index contributed by atoms with van der Waals surface area (Å²) in [5.41, 5.74) is 2.74. The topological polar surface area (TPSA) is 61.9 Å². The number of morpholine rings is 1. The van der Waals surface area contributed by atoms with E-state index in [9.17, 15) is 9.59 Å². The van der Waals surface area contributed by atoms with E-state index in [1.165, 1.54) is 11.1 Å². The first-order valence-electron chi connectivity index (χ1n) is 10.2. The maximum absolute atomic E-state index is 12.5. The Labute approximate surface area is 160 Å². The summed E-state index contributed by atoms with van der Waals surface area (Å²) in [5, 5.41) is 3.21. The quantitative estimate of drug-likeness (QED) is 0.886. The molecule has 0 radical (unpaired) electrons. The lowest BCUT2D eigenvalue weighted by atomic mass is 9.97. The summed E-state index contributed by atoms with van der Waals surface area (Å²) >= 11 is 0. The molecule has 1 aromatic rings. The number of carbonyl (C=O) groups excluding carboxylic acids is 2. The fourth-order valence-electron chi connectivity index (χ4n) is 4.54. The van der Waals surface area contributed by atoms with Crippen molar-refractivity contribution in [1.29, 1.82) is 0 Å². The molecule has 3 aliphatic rings. The van der Waals surface area contributed by atoms with Crippen molar-refractivity contribution in [3.63, 3.8) is 0 Å². The summed E-state index contributed by atoms with van der Waals surface area (Å²) in [6.07, 6.45) is 4.39. The average Bonchev–Trinajstić information content (AvgIpc) is 3.11. The Hall–Kier alpha value is -2.08. The van der Waals surface area contributed by atoms with Gasteiger partial charge in [0.25, 0.3) is 0 Å². The number of carbonyl (C=O) groups is 2. The standard InChI is InChI=1S/C21H29N3O3/c25-20(15-17-6-5-16-3-1-2-4-19(16)17)22-18-7-9-23(10-8-18)21(26)24-11-13-27-14-12-24/h1-4,17-18H,5-15H2,(H,22,25). The molecule has 146 valence electrons. The van der Waals surface area contributed by atoms with Crippen LogP contribution in [0, 0.1) is 0 Å². The molecule has 2 aliphatic heterocycles. The van der Waals surface area contributed by atoms with Gasteiger partial charge in [0.1, 0.15) is 0 Å². The lowest BCUT2D eigenvalue weighted by Gasteiger charge is -2.37. The van der Waals surface area contributed by atoms with E-state index >= 15 is 0 Å². The zero-order valence-corrected chi connectivity index (χ0v) is 15.9. The van der Waals surface area contributed by atoms with E-state index in [2.05, 4.69) is 29.6 Å². The number of piperidine rings is 1. The van der Waals surface area contributed by atoms with Crippen LogP contribution in [0.3, 0.4) is 0 Å². The summed E-state index contributed by atoms with van der Waals surface area (Å²) in [6.45, 7) is 4.04. The molecule has 2 fully saturated rings. The van der Waals surface area contributed by atoms with Gasteiger partial charge in [-0.1, -0.05) is 24.3 Å². The van der Waals surface area contributed by atoms with Crippen LogP contribution in [0.25, 0.3) is 0 Å². The molecule has 1 N–H and O–H groups in total. The molecule has 1 atom stereocenters. The largest absolute Gasteiger partial charge is 0.378 e. The number of aryl methyl sites for hydroxylation is 1. The highest BCUT2D eigenvalue weighted by atomic mass is 16.5. The van der Waals surface area contributed by atoms with E-state index in [0.29, 0.717) is 51.7 Å². The van der Waals surface area contributed by atoms with Crippen LogP contribution in [-0.4, -0.2) is 67.2 Å². The third-order valence-corrected chi connectivity index (χ3v) is 6.10. The molecular weight excluding hydrogens is 342 g/mol. The number of hydrogen-bond donors (Lipinski definition) is 1. The number of fused-ring (bicyclic) bond motifs is 1. The van der Waals surface area contributed by atoms with Gasteiger partial charge in [0.15, 0.2) is 0 Å². The number of hydrogen-bond acceptors (Lipinski definition) is 3. The fourth-order valence-corrected chi connectivity index (χ4v) is 4.54. The Kier molecular flexibility index (Phi) is 5.62. The molecular formula is C21H29N3O3. The number of amides is 3. The summed E-state index contributed by atoms with van der Waals surface area (Å²) in [7, 11) is 0. The molecule has 6 heteroatoms. The van der Waals surface area contributed by atoms with Gasteiger partial charge in [-0.2, -0.15) is 0 Å². The number of benzene rings is 1. The van der Waals surface area contributed by atoms with Crippen molar-refractivity contribution in [2.75, 3.05) is 39.4 Å². The Bertz CT molecular complexity index is 679. The zero-order chi connectivity index (χ0) is 18.6. The fraction of sp³-hybridized carbons (Fsp3) is 0.619. The maximum Gasteiger partial charge on any atom is 0.320 e. The van der Waals surface area contributed by atoms with Gasteiger partial charge in [0.05, 0.1) is 13.2 Å². The predicted octanol–water partition coefficient (Wildman–Crippen LogP) is 2.14. The molecule has 0 aromatic heterocycles. The minimum atomic E-state index is 0.116. The van der Waals surface area contributed by atoms with Crippen LogP contribution in [0.2, 0.25) is 0 Å². The van der Waals surface area contributed by atoms with Crippen LogP contribution in [-0.2, 0) is 16.0 Å². The molecule has 3 amide bonds. The Morgan fingerprint density at radius 3 is 2.48 bits per heavy atom. The second-order valence-electron chi connectivity index (χ2n) is 7.85. The monoisotopic (exact) mass is 371 g/mol. The third kappa shape index (κ3) is 4.26. The van der Waals surface area contributed by atoms with Crippen molar-refractivity contribution in [3.05, 3.63) is 35.4 Å². The van der Waals surface area contributed by atoms with Gasteiger partial charge in [-0.05, 0) is 42.7 Å². The first kappa shape index (κ1) is 18.3. The molecule has 0 bridgehead atoms. The minimum Gasteiger partial charge on any atom is -0.378 e. The van der Waals surface area contributed by atoms with Crippen molar-refractivity contribution < 1.29 is 14.3 Å². The highest BCUT2D eigenvalue weighted by molar-refractivity contribution is 5.78. The number of urea groups is 1. The van der Waals surface area contributed by atoms with E-state index in [0.717, 1.165) is 25.7 Å². The minimum absolute atomic E-state index is 0.116. The second-order valence-corrected chi connectivity index (χ2v) is 7.85. The first-order chi connectivity index (χ1) is 13.2. The molecule has 0 spiro atoms. The average molecular weight is 371 g/mol. The van der Waals surface area contributed by atoms with Gasteiger partial charge >= 0.3 is 6.03 Å². The lowest BCUT2D eigenvalue weighted by molar-refractivity contribution is -0.122.